The van der Waals surface area contributed by atoms with E-state index in [4.69, 9.17) is 4.74 Å². The molecule has 0 spiro atoms. The summed E-state index contributed by atoms with van der Waals surface area (Å²) in [6.45, 7) is 2.64. The SMILES string of the molecule is Cc1cnc(OC2CCCN(c3ncc(C(F)(F)F)cc3F)C2)nc1. The molecule has 1 saturated heterocycles. The molecule has 0 radical (unpaired) electrons. The first-order valence-electron chi connectivity index (χ1n) is 7.76. The summed E-state index contributed by atoms with van der Waals surface area (Å²) in [5, 5.41) is 0. The Kier molecular flexibility index (Phi) is 4.73. The van der Waals surface area contributed by atoms with Crippen molar-refractivity contribution in [2.45, 2.75) is 32.0 Å². The van der Waals surface area contributed by atoms with Gasteiger partial charge in [0.2, 0.25) is 0 Å². The van der Waals surface area contributed by atoms with E-state index in [2.05, 4.69) is 15.0 Å². The van der Waals surface area contributed by atoms with E-state index < -0.39 is 17.6 Å². The fourth-order valence-electron chi connectivity index (χ4n) is 2.64. The number of anilines is 1. The van der Waals surface area contributed by atoms with Gasteiger partial charge in [-0.2, -0.15) is 13.2 Å². The van der Waals surface area contributed by atoms with Gasteiger partial charge in [0, 0.05) is 25.1 Å². The van der Waals surface area contributed by atoms with Crippen molar-refractivity contribution in [2.75, 3.05) is 18.0 Å². The first-order chi connectivity index (χ1) is 11.8. The largest absolute Gasteiger partial charge is 0.458 e. The zero-order valence-electron chi connectivity index (χ0n) is 13.4. The van der Waals surface area contributed by atoms with E-state index in [-0.39, 0.29) is 17.9 Å². The van der Waals surface area contributed by atoms with Gasteiger partial charge in [-0.25, -0.2) is 19.3 Å². The minimum atomic E-state index is -4.62. The molecule has 0 N–H and O–H groups in total. The van der Waals surface area contributed by atoms with Gasteiger partial charge in [0.05, 0.1) is 12.1 Å². The van der Waals surface area contributed by atoms with Crippen LogP contribution in [0.1, 0.15) is 24.0 Å². The highest BCUT2D eigenvalue weighted by atomic mass is 19.4. The predicted octanol–water partition coefficient (Wildman–Crippen LogP) is 3.39. The third kappa shape index (κ3) is 4.15. The van der Waals surface area contributed by atoms with Gasteiger partial charge in [0.25, 0.3) is 0 Å². The van der Waals surface area contributed by atoms with Crippen molar-refractivity contribution in [3.05, 3.63) is 41.6 Å². The fourth-order valence-corrected chi connectivity index (χ4v) is 2.64. The zero-order chi connectivity index (χ0) is 18.0. The fraction of sp³-hybridized carbons (Fsp3) is 0.438. The van der Waals surface area contributed by atoms with E-state index in [1.165, 1.54) is 0 Å². The smallest absolute Gasteiger partial charge is 0.417 e. The number of piperidine rings is 1. The molecule has 9 heteroatoms. The summed E-state index contributed by atoms with van der Waals surface area (Å²) in [6, 6.07) is 0.689. The van der Waals surface area contributed by atoms with E-state index in [1.807, 2.05) is 6.92 Å². The molecule has 0 aromatic carbocycles. The molecule has 2 aromatic rings. The Morgan fingerprint density at radius 2 is 1.88 bits per heavy atom. The first kappa shape index (κ1) is 17.4. The van der Waals surface area contributed by atoms with E-state index in [0.717, 1.165) is 12.0 Å². The Labute approximate surface area is 141 Å². The molecule has 1 aliphatic rings. The van der Waals surface area contributed by atoms with Gasteiger partial charge in [-0.3, -0.25) is 0 Å². The number of hydrogen-bond acceptors (Lipinski definition) is 5. The van der Waals surface area contributed by atoms with Gasteiger partial charge in [-0.1, -0.05) is 0 Å². The maximum Gasteiger partial charge on any atom is 0.417 e. The van der Waals surface area contributed by atoms with Crippen LogP contribution in [-0.4, -0.2) is 34.1 Å². The van der Waals surface area contributed by atoms with E-state index >= 15 is 0 Å². The molecule has 1 unspecified atom stereocenters. The highest BCUT2D eigenvalue weighted by molar-refractivity contribution is 5.42. The third-order valence-electron chi connectivity index (χ3n) is 3.86. The van der Waals surface area contributed by atoms with Gasteiger partial charge in [-0.05, 0) is 31.4 Å². The number of nitrogens with zero attached hydrogens (tertiary/aromatic N) is 4. The Hall–Kier alpha value is -2.45. The second kappa shape index (κ2) is 6.81. The van der Waals surface area contributed by atoms with Crippen LogP contribution in [0, 0.1) is 12.7 Å². The standard InChI is InChI=1S/C16H16F4N4O/c1-10-6-22-15(23-7-10)25-12-3-2-4-24(9-12)14-13(17)5-11(8-21-14)16(18,19)20/h5-8,12H,2-4,9H2,1H3. The lowest BCUT2D eigenvalue weighted by Gasteiger charge is -2.33. The average Bonchev–Trinajstić information content (AvgIpc) is 2.56. The average molecular weight is 356 g/mol. The maximum absolute atomic E-state index is 14.1. The van der Waals surface area contributed by atoms with Gasteiger partial charge in [0.15, 0.2) is 11.6 Å². The van der Waals surface area contributed by atoms with Crippen LogP contribution in [0.25, 0.3) is 0 Å². The highest BCUT2D eigenvalue weighted by Gasteiger charge is 2.33. The molecule has 1 fully saturated rings. The Morgan fingerprint density at radius 3 is 2.52 bits per heavy atom. The molecule has 1 atom stereocenters. The summed E-state index contributed by atoms with van der Waals surface area (Å²) in [7, 11) is 0. The molecule has 1 aliphatic heterocycles. The molecule has 134 valence electrons. The number of pyridine rings is 1. The molecule has 3 heterocycles. The molecule has 0 saturated carbocycles. The lowest BCUT2D eigenvalue weighted by atomic mass is 10.1. The zero-order valence-corrected chi connectivity index (χ0v) is 13.4. The highest BCUT2D eigenvalue weighted by Crippen LogP contribution is 2.31. The number of aryl methyl sites for hydroxylation is 1. The van der Waals surface area contributed by atoms with Crippen LogP contribution in [-0.2, 0) is 6.18 Å². The Bertz CT molecular complexity index is 736. The molecular weight excluding hydrogens is 340 g/mol. The molecule has 2 aromatic heterocycles. The van der Waals surface area contributed by atoms with Gasteiger partial charge >= 0.3 is 12.2 Å². The number of ether oxygens (including phenoxy) is 1. The number of rotatable bonds is 3. The summed E-state index contributed by atoms with van der Waals surface area (Å²) in [5.74, 6) is -1.10. The monoisotopic (exact) mass is 356 g/mol. The third-order valence-corrected chi connectivity index (χ3v) is 3.86. The van der Waals surface area contributed by atoms with Crippen LogP contribution in [0.3, 0.4) is 0 Å². The molecule has 0 amide bonds. The van der Waals surface area contributed by atoms with Crippen molar-refractivity contribution in [1.29, 1.82) is 0 Å². The second-order valence-electron chi connectivity index (χ2n) is 5.90. The Balaban J connectivity index is 1.72. The first-order valence-corrected chi connectivity index (χ1v) is 7.76. The van der Waals surface area contributed by atoms with Crippen LogP contribution < -0.4 is 9.64 Å². The number of hydrogen-bond donors (Lipinski definition) is 0. The van der Waals surface area contributed by atoms with Crippen LogP contribution in [0.2, 0.25) is 0 Å². The number of halogens is 4. The van der Waals surface area contributed by atoms with Crippen LogP contribution in [0.4, 0.5) is 23.4 Å². The van der Waals surface area contributed by atoms with Crippen molar-refractivity contribution < 1.29 is 22.3 Å². The number of alkyl halides is 3. The van der Waals surface area contributed by atoms with Crippen molar-refractivity contribution in [1.82, 2.24) is 15.0 Å². The van der Waals surface area contributed by atoms with Crippen molar-refractivity contribution >= 4 is 5.82 Å². The summed E-state index contributed by atoms with van der Waals surface area (Å²) in [6.07, 6.45) is 0.392. The summed E-state index contributed by atoms with van der Waals surface area (Å²) in [5.41, 5.74) is -0.208. The topological polar surface area (TPSA) is 51.1 Å². The van der Waals surface area contributed by atoms with Gasteiger partial charge < -0.3 is 9.64 Å². The summed E-state index contributed by atoms with van der Waals surface area (Å²) >= 11 is 0. The van der Waals surface area contributed by atoms with E-state index in [9.17, 15) is 17.6 Å². The normalized spacial score (nSPS) is 18.3. The van der Waals surface area contributed by atoms with Crippen molar-refractivity contribution in [3.8, 4) is 6.01 Å². The molecule has 0 aliphatic carbocycles. The summed E-state index contributed by atoms with van der Waals surface area (Å²) < 4.78 is 57.6. The molecule has 5 nitrogen and oxygen atoms in total. The van der Waals surface area contributed by atoms with Crippen molar-refractivity contribution in [2.24, 2.45) is 0 Å². The van der Waals surface area contributed by atoms with E-state index in [1.54, 1.807) is 17.3 Å². The molecule has 0 bridgehead atoms. The van der Waals surface area contributed by atoms with Crippen LogP contribution in [0.5, 0.6) is 6.01 Å². The van der Waals surface area contributed by atoms with E-state index in [0.29, 0.717) is 31.8 Å². The number of aromatic nitrogens is 3. The summed E-state index contributed by atoms with van der Waals surface area (Å²) in [4.78, 5) is 13.4. The predicted molar refractivity (Wildman–Crippen MR) is 81.8 cm³/mol. The second-order valence-corrected chi connectivity index (χ2v) is 5.90. The van der Waals surface area contributed by atoms with Crippen LogP contribution in [0.15, 0.2) is 24.7 Å². The quantitative estimate of drug-likeness (QED) is 0.789. The van der Waals surface area contributed by atoms with Crippen LogP contribution >= 0.6 is 0 Å². The molecule has 3 rings (SSSR count). The maximum atomic E-state index is 14.1. The van der Waals surface area contributed by atoms with Crippen molar-refractivity contribution in [3.63, 3.8) is 0 Å². The minimum absolute atomic E-state index is 0.105. The van der Waals surface area contributed by atoms with Gasteiger partial charge in [0.1, 0.15) is 6.10 Å². The molecular formula is C16H16F4N4O. The van der Waals surface area contributed by atoms with Gasteiger partial charge in [-0.15, -0.1) is 0 Å². The minimum Gasteiger partial charge on any atom is -0.458 e. The molecule has 25 heavy (non-hydrogen) atoms. The lowest BCUT2D eigenvalue weighted by molar-refractivity contribution is -0.138. The Morgan fingerprint density at radius 1 is 1.16 bits per heavy atom. The lowest BCUT2D eigenvalue weighted by Crippen LogP contribution is -2.42.